The molecule has 4 aliphatic rings. The van der Waals surface area contributed by atoms with E-state index in [1.54, 1.807) is 0 Å². The molecule has 0 amide bonds. The number of nitrogens with zero attached hydrogens (tertiary/aromatic N) is 1. The van der Waals surface area contributed by atoms with Crippen molar-refractivity contribution in [3.8, 4) is 44.9 Å². The molecule has 2 heterocycles. The van der Waals surface area contributed by atoms with E-state index < -0.39 is 10.8 Å². The number of benzene rings is 11. The van der Waals surface area contributed by atoms with E-state index in [9.17, 15) is 0 Å². The van der Waals surface area contributed by atoms with E-state index in [-0.39, 0.29) is 0 Å². The molecule has 0 unspecified atom stereocenters. The standard InChI is InChI=1S/C66H41NOS/c1-2-17-42(18-3-1)43-33-36-45(37-34-43)67(58-28-16-27-56-64(58)49-20-5-7-22-51(49)65(56)52-23-8-12-29-59(52)68-60-30-13-9-24-53(60)65)46-38-39-47-44(41-46)35-40-57-63(47)48-19-4-6-21-50(48)66(57)54-25-10-14-31-61(54)69-62-32-15-11-26-55(62)66/h1-41H. The van der Waals surface area contributed by atoms with Gasteiger partial charge < -0.3 is 9.64 Å². The predicted molar refractivity (Wildman–Crippen MR) is 283 cm³/mol. The maximum Gasteiger partial charge on any atom is 0.132 e. The third-order valence-corrected chi connectivity index (χ3v) is 16.5. The minimum Gasteiger partial charge on any atom is -0.457 e. The molecule has 2 aliphatic carbocycles. The lowest BCUT2D eigenvalue weighted by Gasteiger charge is -2.39. The second-order valence-electron chi connectivity index (χ2n) is 18.6. The Labute approximate surface area is 405 Å². The first kappa shape index (κ1) is 38.7. The fourth-order valence-corrected chi connectivity index (χ4v) is 13.9. The third kappa shape index (κ3) is 5.17. The molecule has 15 rings (SSSR count). The summed E-state index contributed by atoms with van der Waals surface area (Å²) < 4.78 is 6.71. The lowest BCUT2D eigenvalue weighted by atomic mass is 9.66. The molecule has 0 saturated heterocycles. The van der Waals surface area contributed by atoms with Crippen molar-refractivity contribution >= 4 is 39.6 Å². The van der Waals surface area contributed by atoms with Crippen LogP contribution in [0.3, 0.4) is 0 Å². The van der Waals surface area contributed by atoms with Gasteiger partial charge in [0.15, 0.2) is 0 Å². The Morgan fingerprint density at radius 2 is 0.826 bits per heavy atom. The first-order valence-corrected chi connectivity index (χ1v) is 24.6. The highest BCUT2D eigenvalue weighted by Crippen LogP contribution is 2.66. The second kappa shape index (κ2) is 14.6. The Hall–Kier alpha value is -8.37. The number of hydrogen-bond acceptors (Lipinski definition) is 3. The molecular weight excluding hydrogens is 855 g/mol. The first-order valence-electron chi connectivity index (χ1n) is 23.8. The van der Waals surface area contributed by atoms with Crippen LogP contribution in [-0.2, 0) is 10.8 Å². The largest absolute Gasteiger partial charge is 0.457 e. The van der Waals surface area contributed by atoms with E-state index in [4.69, 9.17) is 4.74 Å². The Morgan fingerprint density at radius 3 is 1.49 bits per heavy atom. The summed E-state index contributed by atoms with van der Waals surface area (Å²) in [5, 5.41) is 2.46. The molecule has 2 nitrogen and oxygen atoms in total. The molecule has 0 atom stereocenters. The van der Waals surface area contributed by atoms with Crippen molar-refractivity contribution in [3.05, 3.63) is 293 Å². The fraction of sp³-hybridized carbons (Fsp3) is 0.0303. The van der Waals surface area contributed by atoms with Crippen LogP contribution in [0.2, 0.25) is 0 Å². The van der Waals surface area contributed by atoms with E-state index in [1.807, 2.05) is 11.8 Å². The van der Waals surface area contributed by atoms with Crippen molar-refractivity contribution in [1.82, 2.24) is 0 Å². The lowest BCUT2D eigenvalue weighted by molar-refractivity contribution is 0.436. The topological polar surface area (TPSA) is 12.5 Å². The molecule has 11 aromatic carbocycles. The average molecular weight is 896 g/mol. The highest BCUT2D eigenvalue weighted by Gasteiger charge is 2.53. The van der Waals surface area contributed by atoms with Crippen LogP contribution in [0.1, 0.15) is 44.5 Å². The minimum absolute atomic E-state index is 0.431. The van der Waals surface area contributed by atoms with Gasteiger partial charge in [-0.15, -0.1) is 0 Å². The van der Waals surface area contributed by atoms with Crippen molar-refractivity contribution in [2.45, 2.75) is 20.6 Å². The fourth-order valence-electron chi connectivity index (χ4n) is 12.7. The van der Waals surface area contributed by atoms with E-state index in [2.05, 4.69) is 254 Å². The second-order valence-corrected chi connectivity index (χ2v) is 19.7. The van der Waals surface area contributed by atoms with Gasteiger partial charge in [-0.3, -0.25) is 0 Å². The van der Waals surface area contributed by atoms with E-state index in [0.29, 0.717) is 0 Å². The maximum atomic E-state index is 6.71. The molecular formula is C66H41NOS. The highest BCUT2D eigenvalue weighted by molar-refractivity contribution is 7.99. The number of rotatable bonds is 4. The van der Waals surface area contributed by atoms with Gasteiger partial charge in [-0.25, -0.2) is 0 Å². The van der Waals surface area contributed by atoms with Crippen LogP contribution in [0.4, 0.5) is 17.1 Å². The maximum absolute atomic E-state index is 6.71. The molecule has 0 aromatic heterocycles. The van der Waals surface area contributed by atoms with Gasteiger partial charge in [0.05, 0.1) is 16.5 Å². The van der Waals surface area contributed by atoms with Crippen LogP contribution in [0.5, 0.6) is 11.5 Å². The normalized spacial score (nSPS) is 14.4. The Kier molecular flexibility index (Phi) is 8.17. The number of anilines is 3. The molecule has 2 spiro atoms. The molecule has 0 N–H and O–H groups in total. The van der Waals surface area contributed by atoms with Crippen molar-refractivity contribution in [2.24, 2.45) is 0 Å². The zero-order chi connectivity index (χ0) is 45.3. The summed E-state index contributed by atoms with van der Waals surface area (Å²) in [6, 6.07) is 92.2. The van der Waals surface area contributed by atoms with Crippen molar-refractivity contribution in [3.63, 3.8) is 0 Å². The first-order chi connectivity index (χ1) is 34.2. The van der Waals surface area contributed by atoms with Crippen molar-refractivity contribution in [1.29, 1.82) is 0 Å². The molecule has 322 valence electrons. The van der Waals surface area contributed by atoms with Crippen molar-refractivity contribution < 1.29 is 4.74 Å². The van der Waals surface area contributed by atoms with E-state index >= 15 is 0 Å². The van der Waals surface area contributed by atoms with Gasteiger partial charge >= 0.3 is 0 Å². The van der Waals surface area contributed by atoms with E-state index in [1.165, 1.54) is 87.3 Å². The van der Waals surface area contributed by atoms with Crippen LogP contribution in [0.25, 0.3) is 44.2 Å². The van der Waals surface area contributed by atoms with Gasteiger partial charge in [-0.05, 0) is 127 Å². The Bertz CT molecular complexity index is 3840. The molecule has 0 fully saturated rings. The molecule has 3 heteroatoms. The van der Waals surface area contributed by atoms with Crippen LogP contribution < -0.4 is 9.64 Å². The summed E-state index contributed by atoms with van der Waals surface area (Å²) in [7, 11) is 0. The number of hydrogen-bond donors (Lipinski definition) is 0. The van der Waals surface area contributed by atoms with Crippen LogP contribution in [0.15, 0.2) is 259 Å². The monoisotopic (exact) mass is 895 g/mol. The van der Waals surface area contributed by atoms with Gasteiger partial charge in [0.2, 0.25) is 0 Å². The zero-order valence-corrected chi connectivity index (χ0v) is 38.3. The quantitative estimate of drug-likeness (QED) is 0.175. The summed E-state index contributed by atoms with van der Waals surface area (Å²) in [4.78, 5) is 5.12. The number of para-hydroxylation sites is 2. The summed E-state index contributed by atoms with van der Waals surface area (Å²) >= 11 is 1.89. The molecule has 0 saturated carbocycles. The smallest absolute Gasteiger partial charge is 0.132 e. The third-order valence-electron chi connectivity index (χ3n) is 15.4. The SMILES string of the molecule is c1ccc(-c2ccc(N(c3ccc4c5c(ccc4c3)C3(c4ccccc4Sc4ccccc43)c3ccccc3-5)c3cccc4c3-c3ccccc3C43c4ccccc4Oc4ccccc43)cc2)cc1. The van der Waals surface area contributed by atoms with Crippen LogP contribution >= 0.6 is 11.8 Å². The highest BCUT2D eigenvalue weighted by atomic mass is 32.2. The molecule has 0 radical (unpaired) electrons. The number of ether oxygens (including phenoxy) is 1. The molecule has 2 aliphatic heterocycles. The predicted octanol–water partition coefficient (Wildman–Crippen LogP) is 17.3. The zero-order valence-electron chi connectivity index (χ0n) is 37.4. The van der Waals surface area contributed by atoms with Crippen molar-refractivity contribution in [2.75, 3.05) is 4.90 Å². The van der Waals surface area contributed by atoms with Crippen LogP contribution in [-0.4, -0.2) is 0 Å². The van der Waals surface area contributed by atoms with Gasteiger partial charge in [-0.2, -0.15) is 0 Å². The minimum atomic E-state index is -0.585. The summed E-state index contributed by atoms with van der Waals surface area (Å²) in [5.41, 5.74) is 20.0. The lowest BCUT2D eigenvalue weighted by Crippen LogP contribution is -2.32. The molecule has 0 bridgehead atoms. The summed E-state index contributed by atoms with van der Waals surface area (Å²) in [6.45, 7) is 0. The van der Waals surface area contributed by atoms with Gasteiger partial charge in [0.1, 0.15) is 11.5 Å². The average Bonchev–Trinajstić information content (AvgIpc) is 3.88. The summed E-state index contributed by atoms with van der Waals surface area (Å²) in [6.07, 6.45) is 0. The Balaban J connectivity index is 0.980. The Morgan fingerprint density at radius 1 is 0.333 bits per heavy atom. The van der Waals surface area contributed by atoms with Gasteiger partial charge in [0.25, 0.3) is 0 Å². The number of fused-ring (bicyclic) bond motifs is 20. The van der Waals surface area contributed by atoms with Gasteiger partial charge in [-0.1, -0.05) is 206 Å². The van der Waals surface area contributed by atoms with Gasteiger partial charge in [0, 0.05) is 37.9 Å². The van der Waals surface area contributed by atoms with Crippen LogP contribution in [0, 0.1) is 0 Å². The van der Waals surface area contributed by atoms with E-state index in [0.717, 1.165) is 39.7 Å². The summed E-state index contributed by atoms with van der Waals surface area (Å²) in [5.74, 6) is 1.78. The molecule has 11 aromatic rings. The molecule has 69 heavy (non-hydrogen) atoms.